The fourth-order valence-electron chi connectivity index (χ4n) is 4.00. The number of nitrogens with zero attached hydrogens (tertiary/aromatic N) is 1. The van der Waals surface area contributed by atoms with Crippen molar-refractivity contribution in [3.05, 3.63) is 78.5 Å². The van der Waals surface area contributed by atoms with Gasteiger partial charge in [-0.3, -0.25) is 9.79 Å². The zero-order valence-electron chi connectivity index (χ0n) is 20.6. The Morgan fingerprint density at radius 1 is 1.19 bits per heavy atom. The largest absolute Gasteiger partial charge is 0.381 e. The second kappa shape index (κ2) is 10.8. The Morgan fingerprint density at radius 3 is 2.39 bits per heavy atom. The van der Waals surface area contributed by atoms with E-state index in [1.807, 2.05) is 38.1 Å². The molecule has 9 heteroatoms. The van der Waals surface area contributed by atoms with Crippen molar-refractivity contribution in [1.82, 2.24) is 0 Å². The number of halogens is 2. The van der Waals surface area contributed by atoms with Crippen molar-refractivity contribution >= 4 is 32.6 Å². The highest BCUT2D eigenvalue weighted by Gasteiger charge is 2.42. The highest BCUT2D eigenvalue weighted by atomic mass is 32.2. The summed E-state index contributed by atoms with van der Waals surface area (Å²) in [7, 11) is -4.38. The number of anilines is 1. The van der Waals surface area contributed by atoms with Crippen LogP contribution in [0.1, 0.15) is 44.7 Å². The molecule has 1 saturated heterocycles. The Kier molecular flexibility index (Phi) is 8.26. The number of amides is 1. The summed E-state index contributed by atoms with van der Waals surface area (Å²) >= 11 is 0. The molecule has 36 heavy (non-hydrogen) atoms. The number of hydrogen-bond acceptors (Lipinski definition) is 5. The molecule has 192 valence electrons. The van der Waals surface area contributed by atoms with E-state index < -0.39 is 20.4 Å². The van der Waals surface area contributed by atoms with Crippen molar-refractivity contribution in [1.29, 1.82) is 4.78 Å². The van der Waals surface area contributed by atoms with E-state index >= 15 is 0 Å². The Labute approximate surface area is 211 Å². The lowest BCUT2D eigenvalue weighted by Crippen LogP contribution is -2.44. The van der Waals surface area contributed by atoms with Crippen molar-refractivity contribution in [3.8, 4) is 0 Å². The zero-order valence-corrected chi connectivity index (χ0v) is 21.5. The smallest absolute Gasteiger partial charge is 0.329 e. The maximum Gasteiger partial charge on any atom is 0.329 e. The van der Waals surface area contributed by atoms with Gasteiger partial charge < -0.3 is 10.1 Å². The number of carbonyl (C=O) groups excluding carboxylic acids is 1. The molecule has 0 saturated carbocycles. The predicted octanol–water partition coefficient (Wildman–Crippen LogP) is 6.40. The third kappa shape index (κ3) is 5.79. The molecule has 0 bridgehead atoms. The molecule has 2 aromatic rings. The average molecular weight is 516 g/mol. The van der Waals surface area contributed by atoms with Crippen LogP contribution in [0.5, 0.6) is 0 Å². The fraction of sp³-hybridized carbons (Fsp3) is 0.333. The van der Waals surface area contributed by atoms with Crippen LogP contribution >= 0.6 is 0 Å². The van der Waals surface area contributed by atoms with Crippen molar-refractivity contribution in [2.75, 3.05) is 18.5 Å². The third-order valence-electron chi connectivity index (χ3n) is 6.16. The van der Waals surface area contributed by atoms with Gasteiger partial charge in [0.15, 0.2) is 0 Å². The van der Waals surface area contributed by atoms with E-state index in [4.69, 9.17) is 9.52 Å². The maximum absolute atomic E-state index is 13.8. The van der Waals surface area contributed by atoms with Crippen LogP contribution in [-0.2, 0) is 24.7 Å². The van der Waals surface area contributed by atoms with Gasteiger partial charge in [-0.05, 0) is 61.6 Å². The van der Waals surface area contributed by atoms with Gasteiger partial charge in [-0.25, -0.2) is 8.99 Å². The highest BCUT2D eigenvalue weighted by molar-refractivity contribution is 7.93. The van der Waals surface area contributed by atoms with E-state index in [1.54, 1.807) is 12.3 Å². The molecule has 2 aromatic carbocycles. The molecule has 1 amide bonds. The topological polar surface area (TPSA) is 91.6 Å². The lowest BCUT2D eigenvalue weighted by Gasteiger charge is -2.36. The first kappa shape index (κ1) is 27.4. The maximum atomic E-state index is 13.8. The second-order valence-electron chi connectivity index (χ2n) is 8.98. The molecule has 1 aliphatic heterocycles. The normalized spacial score (nSPS) is 17.5. The summed E-state index contributed by atoms with van der Waals surface area (Å²) in [5.41, 5.74) is 2.76. The van der Waals surface area contributed by atoms with Gasteiger partial charge in [-0.2, -0.15) is 8.78 Å². The molecule has 1 unspecified atom stereocenters. The zero-order chi connectivity index (χ0) is 26.6. The number of benzene rings is 2. The molecule has 1 atom stereocenters. The Balaban J connectivity index is 1.94. The molecule has 0 aromatic heterocycles. The molecule has 1 aliphatic rings. The molecule has 1 heterocycles. The van der Waals surface area contributed by atoms with Crippen LogP contribution in [0.4, 0.5) is 14.5 Å². The second-order valence-corrected chi connectivity index (χ2v) is 11.3. The highest BCUT2D eigenvalue weighted by Crippen LogP contribution is 2.37. The molecule has 0 aliphatic carbocycles. The van der Waals surface area contributed by atoms with Crippen molar-refractivity contribution in [3.63, 3.8) is 0 Å². The van der Waals surface area contributed by atoms with Crippen molar-refractivity contribution < 1.29 is 22.5 Å². The van der Waals surface area contributed by atoms with Crippen LogP contribution < -0.4 is 5.32 Å². The summed E-state index contributed by atoms with van der Waals surface area (Å²) < 4.78 is 53.2. The number of rotatable bonds is 8. The molecular weight excluding hydrogens is 484 g/mol. The molecule has 2 N–H and O–H groups in total. The van der Waals surface area contributed by atoms with Crippen LogP contribution in [0.3, 0.4) is 0 Å². The van der Waals surface area contributed by atoms with Gasteiger partial charge in [0, 0.05) is 37.7 Å². The summed E-state index contributed by atoms with van der Waals surface area (Å²) in [5, 5.41) is -0.920. The van der Waals surface area contributed by atoms with Crippen LogP contribution in [0.25, 0.3) is 5.57 Å². The number of alkyl halides is 2. The van der Waals surface area contributed by atoms with E-state index in [-0.39, 0.29) is 16.5 Å². The number of ether oxygens (including phenoxy) is 1. The summed E-state index contributed by atoms with van der Waals surface area (Å²) in [5.74, 6) is -0.318. The van der Waals surface area contributed by atoms with Gasteiger partial charge in [0.2, 0.25) is 5.91 Å². The molecule has 1 fully saturated rings. The Bertz CT molecular complexity index is 1280. The summed E-state index contributed by atoms with van der Waals surface area (Å²) in [6.45, 7) is 8.90. The monoisotopic (exact) mass is 515 g/mol. The standard InChI is InChI=1S/C27H31F2N3O3S/c1-5-20(18-31-19(2)3)21-9-11-22(12-10-21)27(13-15-35-16-14-27)25(33)32-23-7-6-8-24(17-23)36(30,34)26(4,28)29/h5-12,17-18,30H,1,13-16H2,2-4H3,(H,32,33). The van der Waals surface area contributed by atoms with Crippen molar-refractivity contribution in [2.24, 2.45) is 4.99 Å². The van der Waals surface area contributed by atoms with Gasteiger partial charge in [0.05, 0.1) is 10.3 Å². The SMILES string of the molecule is C=CC(=CN=C(C)C)c1ccc(C2(C(=O)Nc3cccc(S(=N)(=O)C(C)(F)F)c3)CCOCC2)cc1. The lowest BCUT2D eigenvalue weighted by molar-refractivity contribution is -0.125. The van der Waals surface area contributed by atoms with E-state index in [0.29, 0.717) is 33.0 Å². The van der Waals surface area contributed by atoms with Gasteiger partial charge >= 0.3 is 5.25 Å². The van der Waals surface area contributed by atoms with Gasteiger partial charge in [-0.15, -0.1) is 0 Å². The number of allylic oxidation sites excluding steroid dienone is 2. The molecule has 0 radical (unpaired) electrons. The van der Waals surface area contributed by atoms with E-state index in [2.05, 4.69) is 16.9 Å². The summed E-state index contributed by atoms with van der Waals surface area (Å²) in [6, 6.07) is 12.9. The van der Waals surface area contributed by atoms with Gasteiger partial charge in [0.1, 0.15) is 9.73 Å². The summed E-state index contributed by atoms with van der Waals surface area (Å²) in [6.07, 6.45) is 4.33. The number of hydrogen-bond donors (Lipinski definition) is 2. The minimum Gasteiger partial charge on any atom is -0.381 e. The predicted molar refractivity (Wildman–Crippen MR) is 140 cm³/mol. The summed E-state index contributed by atoms with van der Waals surface area (Å²) in [4.78, 5) is 17.6. The average Bonchev–Trinajstić information content (AvgIpc) is 2.84. The van der Waals surface area contributed by atoms with Crippen LogP contribution in [0, 0.1) is 4.78 Å². The first-order valence-electron chi connectivity index (χ1n) is 11.5. The van der Waals surface area contributed by atoms with E-state index in [1.165, 1.54) is 24.3 Å². The molecule has 3 rings (SSSR count). The van der Waals surface area contributed by atoms with Crippen LogP contribution in [0.15, 0.2) is 77.3 Å². The number of carbonyl (C=O) groups is 1. The van der Waals surface area contributed by atoms with Crippen LogP contribution in [-0.4, -0.2) is 34.3 Å². The third-order valence-corrected chi connectivity index (χ3v) is 8.09. The Morgan fingerprint density at radius 2 is 1.83 bits per heavy atom. The number of aliphatic imine (C=N–C) groups is 1. The quantitative estimate of drug-likeness (QED) is 0.315. The van der Waals surface area contributed by atoms with E-state index in [9.17, 15) is 17.8 Å². The molecule has 6 nitrogen and oxygen atoms in total. The first-order chi connectivity index (χ1) is 16.9. The fourth-order valence-corrected chi connectivity index (χ4v) is 4.98. The molecule has 0 spiro atoms. The Hall–Kier alpha value is -3.17. The minimum absolute atomic E-state index is 0.203. The molecular formula is C27H31F2N3O3S. The van der Waals surface area contributed by atoms with Gasteiger partial charge in [0.25, 0.3) is 0 Å². The van der Waals surface area contributed by atoms with Crippen molar-refractivity contribution in [2.45, 2.75) is 49.2 Å². The first-order valence-corrected chi connectivity index (χ1v) is 13.1. The van der Waals surface area contributed by atoms with E-state index in [0.717, 1.165) is 22.4 Å². The minimum atomic E-state index is -4.38. The van der Waals surface area contributed by atoms with Gasteiger partial charge in [-0.1, -0.05) is 43.0 Å². The lowest BCUT2D eigenvalue weighted by atomic mass is 9.73. The number of nitrogens with one attached hydrogen (secondary N) is 2. The van der Waals surface area contributed by atoms with Crippen LogP contribution in [0.2, 0.25) is 0 Å².